The van der Waals surface area contributed by atoms with Crippen molar-refractivity contribution in [3.63, 3.8) is 0 Å². The van der Waals surface area contributed by atoms with E-state index in [2.05, 4.69) is 30.7 Å². The Morgan fingerprint density at radius 2 is 1.96 bits per heavy atom. The second-order valence-electron chi connectivity index (χ2n) is 6.03. The third kappa shape index (κ3) is 3.07. The Bertz CT molecular complexity index is 790. The third-order valence-electron chi connectivity index (χ3n) is 4.49. The van der Waals surface area contributed by atoms with Crippen LogP contribution in [0.2, 0.25) is 5.15 Å². The molecule has 1 saturated heterocycles. The lowest BCUT2D eigenvalue weighted by atomic mass is 9.95. The Hall–Kier alpha value is -1.98. The minimum atomic E-state index is 0.479. The summed E-state index contributed by atoms with van der Waals surface area (Å²) in [4.78, 5) is 6.61. The van der Waals surface area contributed by atoms with E-state index in [1.54, 1.807) is 0 Å². The lowest BCUT2D eigenvalue weighted by molar-refractivity contribution is 0.201. The van der Waals surface area contributed by atoms with Gasteiger partial charge in [0.25, 0.3) is 0 Å². The molecule has 0 saturated carbocycles. The molecule has 5 nitrogen and oxygen atoms in total. The topological polar surface area (TPSA) is 46.3 Å². The highest BCUT2D eigenvalue weighted by atomic mass is 35.5. The molecule has 0 spiro atoms. The van der Waals surface area contributed by atoms with Crippen LogP contribution in [0.4, 0.5) is 0 Å². The molecule has 6 heteroatoms. The molecule has 4 rings (SSSR count). The Morgan fingerprint density at radius 1 is 1.09 bits per heavy atom. The van der Waals surface area contributed by atoms with E-state index in [-0.39, 0.29) is 0 Å². The van der Waals surface area contributed by atoms with Crippen LogP contribution in [-0.2, 0) is 6.54 Å². The lowest BCUT2D eigenvalue weighted by Crippen LogP contribution is -2.33. The predicted octanol–water partition coefficient (Wildman–Crippen LogP) is 3.16. The van der Waals surface area contributed by atoms with Crippen LogP contribution >= 0.6 is 11.6 Å². The first kappa shape index (κ1) is 14.6. The van der Waals surface area contributed by atoms with Gasteiger partial charge >= 0.3 is 0 Å². The number of hydrogen-bond donors (Lipinski definition) is 0. The van der Waals surface area contributed by atoms with Gasteiger partial charge in [0, 0.05) is 24.9 Å². The summed E-state index contributed by atoms with van der Waals surface area (Å²) >= 11 is 5.84. The van der Waals surface area contributed by atoms with Gasteiger partial charge in [0.15, 0.2) is 5.65 Å². The molecule has 3 aromatic heterocycles. The van der Waals surface area contributed by atoms with Crippen LogP contribution in [0.25, 0.3) is 5.65 Å². The fraction of sp³-hybridized carbons (Fsp3) is 0.353. The summed E-state index contributed by atoms with van der Waals surface area (Å²) in [6, 6.07) is 9.93. The summed E-state index contributed by atoms with van der Waals surface area (Å²) in [7, 11) is 0. The molecular formula is C17H18ClN5. The van der Waals surface area contributed by atoms with Gasteiger partial charge in [0.2, 0.25) is 0 Å². The summed E-state index contributed by atoms with van der Waals surface area (Å²) in [6.45, 7) is 3.06. The average Bonchev–Trinajstić information content (AvgIpc) is 3.02. The second-order valence-corrected chi connectivity index (χ2v) is 6.41. The molecule has 1 aliphatic rings. The van der Waals surface area contributed by atoms with E-state index in [1.165, 1.54) is 5.56 Å². The maximum absolute atomic E-state index is 5.84. The van der Waals surface area contributed by atoms with Crippen LogP contribution in [0.1, 0.15) is 30.1 Å². The molecule has 0 aliphatic carbocycles. The van der Waals surface area contributed by atoms with Crippen LogP contribution in [0.5, 0.6) is 0 Å². The number of fused-ring (bicyclic) bond motifs is 1. The van der Waals surface area contributed by atoms with Crippen molar-refractivity contribution < 1.29 is 0 Å². The molecular weight excluding hydrogens is 310 g/mol. The van der Waals surface area contributed by atoms with Crippen molar-refractivity contribution in [1.82, 2.24) is 24.5 Å². The molecule has 3 aromatic rings. The maximum atomic E-state index is 5.84. The van der Waals surface area contributed by atoms with Crippen molar-refractivity contribution in [3.05, 3.63) is 59.3 Å². The van der Waals surface area contributed by atoms with Crippen molar-refractivity contribution in [2.75, 3.05) is 13.1 Å². The second kappa shape index (κ2) is 6.26. The smallest absolute Gasteiger partial charge is 0.160 e. The van der Waals surface area contributed by atoms with Crippen LogP contribution < -0.4 is 0 Å². The van der Waals surface area contributed by atoms with Gasteiger partial charge in [-0.3, -0.25) is 9.30 Å². The minimum absolute atomic E-state index is 0.479. The highest BCUT2D eigenvalue weighted by molar-refractivity contribution is 6.29. The first-order valence-electron chi connectivity index (χ1n) is 7.92. The highest BCUT2D eigenvalue weighted by Gasteiger charge is 2.24. The number of rotatable bonds is 3. The predicted molar refractivity (Wildman–Crippen MR) is 89.5 cm³/mol. The van der Waals surface area contributed by atoms with Gasteiger partial charge in [-0.2, -0.15) is 0 Å². The van der Waals surface area contributed by atoms with Crippen molar-refractivity contribution in [2.45, 2.75) is 25.3 Å². The summed E-state index contributed by atoms with van der Waals surface area (Å²) in [5.74, 6) is 1.57. The fourth-order valence-corrected chi connectivity index (χ4v) is 3.36. The molecule has 4 heterocycles. The van der Waals surface area contributed by atoms with Crippen LogP contribution in [-0.4, -0.2) is 37.6 Å². The van der Waals surface area contributed by atoms with E-state index in [0.717, 1.165) is 43.9 Å². The SMILES string of the molecule is Clc1ccc(CN2CCC(c3nnc4ccccn34)CC2)cn1. The van der Waals surface area contributed by atoms with E-state index in [9.17, 15) is 0 Å². The highest BCUT2D eigenvalue weighted by Crippen LogP contribution is 2.27. The summed E-state index contributed by atoms with van der Waals surface area (Å²) in [5, 5.41) is 9.22. The Labute approximate surface area is 139 Å². The van der Waals surface area contributed by atoms with Crippen molar-refractivity contribution in [3.8, 4) is 0 Å². The largest absolute Gasteiger partial charge is 0.299 e. The molecule has 1 aliphatic heterocycles. The van der Waals surface area contributed by atoms with Gasteiger partial charge in [-0.1, -0.05) is 23.7 Å². The first-order chi connectivity index (χ1) is 11.3. The van der Waals surface area contributed by atoms with Crippen molar-refractivity contribution >= 4 is 17.2 Å². The maximum Gasteiger partial charge on any atom is 0.160 e. The normalized spacial score (nSPS) is 16.9. The number of nitrogens with zero attached hydrogens (tertiary/aromatic N) is 5. The van der Waals surface area contributed by atoms with Gasteiger partial charge in [-0.05, 0) is 49.7 Å². The van der Waals surface area contributed by atoms with E-state index in [1.807, 2.05) is 36.5 Å². The lowest BCUT2D eigenvalue weighted by Gasteiger charge is -2.31. The minimum Gasteiger partial charge on any atom is -0.299 e. The van der Waals surface area contributed by atoms with Crippen LogP contribution in [0.15, 0.2) is 42.7 Å². The van der Waals surface area contributed by atoms with Crippen LogP contribution in [0, 0.1) is 0 Å². The Kier molecular flexibility index (Phi) is 3.97. The molecule has 0 amide bonds. The number of pyridine rings is 2. The Morgan fingerprint density at radius 3 is 2.74 bits per heavy atom. The number of halogens is 1. The van der Waals surface area contributed by atoms with E-state index < -0.39 is 0 Å². The van der Waals surface area contributed by atoms with Crippen molar-refractivity contribution in [2.24, 2.45) is 0 Å². The van der Waals surface area contributed by atoms with E-state index >= 15 is 0 Å². The number of likely N-dealkylation sites (tertiary alicyclic amines) is 1. The van der Waals surface area contributed by atoms with Crippen LogP contribution in [0.3, 0.4) is 0 Å². The van der Waals surface area contributed by atoms with Gasteiger partial charge in [-0.15, -0.1) is 10.2 Å². The van der Waals surface area contributed by atoms with E-state index in [0.29, 0.717) is 11.1 Å². The molecule has 1 fully saturated rings. The quantitative estimate of drug-likeness (QED) is 0.693. The molecule has 23 heavy (non-hydrogen) atoms. The first-order valence-corrected chi connectivity index (χ1v) is 8.30. The fourth-order valence-electron chi connectivity index (χ4n) is 3.25. The molecule has 0 radical (unpaired) electrons. The van der Waals surface area contributed by atoms with Gasteiger partial charge < -0.3 is 0 Å². The zero-order valence-corrected chi connectivity index (χ0v) is 13.5. The summed E-state index contributed by atoms with van der Waals surface area (Å²) in [5.41, 5.74) is 2.14. The standard InChI is InChI=1S/C17H18ClN5/c18-15-5-4-13(11-19-15)12-22-9-6-14(7-10-22)17-21-20-16-3-1-2-8-23(16)17/h1-5,8,11,14H,6-7,9-10,12H2. The summed E-state index contributed by atoms with van der Waals surface area (Å²) < 4.78 is 2.11. The molecule has 0 aromatic carbocycles. The monoisotopic (exact) mass is 327 g/mol. The van der Waals surface area contributed by atoms with Gasteiger partial charge in [0.1, 0.15) is 11.0 Å². The zero-order valence-electron chi connectivity index (χ0n) is 12.8. The zero-order chi connectivity index (χ0) is 15.6. The van der Waals surface area contributed by atoms with Crippen molar-refractivity contribution in [1.29, 1.82) is 0 Å². The third-order valence-corrected chi connectivity index (χ3v) is 4.71. The molecule has 118 valence electrons. The molecule has 0 N–H and O–H groups in total. The average molecular weight is 328 g/mol. The Balaban J connectivity index is 1.42. The molecule has 0 unspecified atom stereocenters. The molecule has 0 atom stereocenters. The number of piperidine rings is 1. The summed E-state index contributed by atoms with van der Waals surface area (Å²) in [6.07, 6.45) is 6.13. The van der Waals surface area contributed by atoms with E-state index in [4.69, 9.17) is 11.6 Å². The number of aromatic nitrogens is 4. The molecule has 0 bridgehead atoms. The van der Waals surface area contributed by atoms with Gasteiger partial charge in [-0.25, -0.2) is 4.98 Å². The van der Waals surface area contributed by atoms with Gasteiger partial charge in [0.05, 0.1) is 0 Å². The number of hydrogen-bond acceptors (Lipinski definition) is 4.